The zero-order chi connectivity index (χ0) is 17.6. The van der Waals surface area contributed by atoms with E-state index >= 15 is 0 Å². The summed E-state index contributed by atoms with van der Waals surface area (Å²) in [6.45, 7) is 2.49. The Morgan fingerprint density at radius 2 is 2.04 bits per heavy atom. The number of nitrogens with one attached hydrogen (secondary N) is 1. The highest BCUT2D eigenvalue weighted by atomic mass is 19.1. The van der Waals surface area contributed by atoms with Crippen LogP contribution in [0.3, 0.4) is 0 Å². The third kappa shape index (κ3) is 4.79. The minimum atomic E-state index is -0.986. The molecule has 25 heavy (non-hydrogen) atoms. The number of rotatable bonds is 6. The topological polar surface area (TPSA) is 52.6 Å². The lowest BCUT2D eigenvalue weighted by molar-refractivity contribution is -0.123. The smallest absolute Gasteiger partial charge is 0.222 e. The van der Waals surface area contributed by atoms with E-state index in [1.807, 2.05) is 18.2 Å². The number of carbonyl (C=O) groups excluding carboxylic acids is 1. The highest BCUT2D eigenvalue weighted by Crippen LogP contribution is 2.23. The van der Waals surface area contributed by atoms with Gasteiger partial charge in [-0.3, -0.25) is 4.79 Å². The molecule has 0 saturated carbocycles. The molecule has 0 aliphatic carbocycles. The first kappa shape index (κ1) is 17.4. The van der Waals surface area contributed by atoms with E-state index in [1.54, 1.807) is 6.07 Å². The second kappa shape index (κ2) is 8.12. The predicted octanol–water partition coefficient (Wildman–Crippen LogP) is 2.89. The normalized spacial score (nSPS) is 18.2. The maximum absolute atomic E-state index is 13.2. The molecule has 2 N–H and O–H groups in total. The van der Waals surface area contributed by atoms with Crippen LogP contribution in [-0.2, 0) is 4.79 Å². The van der Waals surface area contributed by atoms with Crippen molar-refractivity contribution in [1.82, 2.24) is 5.32 Å². The van der Waals surface area contributed by atoms with E-state index in [0.29, 0.717) is 18.0 Å². The zero-order valence-electron chi connectivity index (χ0n) is 14.1. The van der Waals surface area contributed by atoms with Gasteiger partial charge in [0.15, 0.2) is 0 Å². The van der Waals surface area contributed by atoms with E-state index in [4.69, 9.17) is 0 Å². The lowest BCUT2D eigenvalue weighted by Crippen LogP contribution is -2.31. The van der Waals surface area contributed by atoms with E-state index in [9.17, 15) is 14.3 Å². The summed E-state index contributed by atoms with van der Waals surface area (Å²) >= 11 is 0. The lowest BCUT2D eigenvalue weighted by Gasteiger charge is -2.19. The summed E-state index contributed by atoms with van der Waals surface area (Å²) < 4.78 is 13.2. The molecule has 0 radical (unpaired) electrons. The fourth-order valence-electron chi connectivity index (χ4n) is 3.21. The van der Waals surface area contributed by atoms with Crippen LogP contribution in [0.25, 0.3) is 0 Å². The van der Waals surface area contributed by atoms with Crippen LogP contribution >= 0.6 is 0 Å². The summed E-state index contributed by atoms with van der Waals surface area (Å²) in [5.41, 5.74) is 1.63. The summed E-state index contributed by atoms with van der Waals surface area (Å²) in [5.74, 6) is -0.227. The van der Waals surface area contributed by atoms with Crippen molar-refractivity contribution in [3.8, 4) is 0 Å². The van der Waals surface area contributed by atoms with Gasteiger partial charge in [0.1, 0.15) is 5.82 Å². The molecule has 1 fully saturated rings. The van der Waals surface area contributed by atoms with Gasteiger partial charge in [-0.1, -0.05) is 30.3 Å². The Morgan fingerprint density at radius 1 is 1.24 bits per heavy atom. The van der Waals surface area contributed by atoms with Crippen molar-refractivity contribution in [2.45, 2.75) is 18.9 Å². The number of nitrogens with zero attached hydrogens (tertiary/aromatic N) is 1. The van der Waals surface area contributed by atoms with Crippen LogP contribution in [0.5, 0.6) is 0 Å². The van der Waals surface area contributed by atoms with Crippen LogP contribution in [0.15, 0.2) is 54.6 Å². The van der Waals surface area contributed by atoms with Crippen molar-refractivity contribution in [2.75, 3.05) is 24.5 Å². The first-order valence-electron chi connectivity index (χ1n) is 8.62. The van der Waals surface area contributed by atoms with Crippen LogP contribution in [-0.4, -0.2) is 30.6 Å². The van der Waals surface area contributed by atoms with E-state index in [0.717, 1.165) is 19.5 Å². The minimum absolute atomic E-state index is 0.0570. The third-order valence-electron chi connectivity index (χ3n) is 4.61. The number of hydrogen-bond donors (Lipinski definition) is 2. The summed E-state index contributed by atoms with van der Waals surface area (Å²) in [5, 5.41) is 13.0. The molecule has 5 heteroatoms. The molecule has 3 rings (SSSR count). The Hall–Kier alpha value is -2.40. The van der Waals surface area contributed by atoms with Crippen LogP contribution in [0.2, 0.25) is 0 Å². The van der Waals surface area contributed by atoms with Crippen molar-refractivity contribution in [2.24, 2.45) is 5.92 Å². The standard InChI is InChI=1S/C20H23FN2O2/c21-17-6-4-5-16(11-17)19(24)12-20(25)22-13-15-9-10-23(14-15)18-7-2-1-3-8-18/h1-8,11,15,19,24H,9-10,12-14H2,(H,22,25). The number of hydrogen-bond acceptors (Lipinski definition) is 3. The lowest BCUT2D eigenvalue weighted by atomic mass is 10.1. The number of anilines is 1. The predicted molar refractivity (Wildman–Crippen MR) is 95.7 cm³/mol. The van der Waals surface area contributed by atoms with Gasteiger partial charge in [0.25, 0.3) is 0 Å². The molecule has 2 unspecified atom stereocenters. The van der Waals surface area contributed by atoms with Crippen molar-refractivity contribution >= 4 is 11.6 Å². The molecule has 0 aromatic heterocycles. The number of aliphatic hydroxyl groups excluding tert-OH is 1. The van der Waals surface area contributed by atoms with Crippen LogP contribution < -0.4 is 10.2 Å². The Bertz CT molecular complexity index is 708. The van der Waals surface area contributed by atoms with Crippen LogP contribution in [0.1, 0.15) is 24.5 Å². The Kier molecular flexibility index (Phi) is 5.66. The number of aliphatic hydroxyl groups is 1. The second-order valence-electron chi connectivity index (χ2n) is 6.52. The fraction of sp³-hybridized carbons (Fsp3) is 0.350. The number of benzene rings is 2. The number of amides is 1. The maximum atomic E-state index is 13.2. The van der Waals surface area contributed by atoms with Gasteiger partial charge < -0.3 is 15.3 Å². The monoisotopic (exact) mass is 342 g/mol. The van der Waals surface area contributed by atoms with Crippen LogP contribution in [0.4, 0.5) is 10.1 Å². The SMILES string of the molecule is O=C(CC(O)c1cccc(F)c1)NCC1CCN(c2ccccc2)C1. The molecule has 2 aromatic rings. The molecule has 2 atom stereocenters. The molecule has 1 aliphatic rings. The summed E-state index contributed by atoms with van der Waals surface area (Å²) in [6.07, 6.45) is -0.0136. The van der Waals surface area contributed by atoms with Crippen molar-refractivity contribution < 1.29 is 14.3 Å². The van der Waals surface area contributed by atoms with E-state index in [-0.39, 0.29) is 12.3 Å². The molecule has 1 heterocycles. The van der Waals surface area contributed by atoms with Gasteiger partial charge >= 0.3 is 0 Å². The quantitative estimate of drug-likeness (QED) is 0.849. The van der Waals surface area contributed by atoms with Crippen LogP contribution in [0, 0.1) is 11.7 Å². The number of para-hydroxylation sites is 1. The van der Waals surface area contributed by atoms with Gasteiger partial charge in [-0.15, -0.1) is 0 Å². The van der Waals surface area contributed by atoms with E-state index < -0.39 is 11.9 Å². The summed E-state index contributed by atoms with van der Waals surface area (Å²) in [6, 6.07) is 16.0. The number of halogens is 1. The Morgan fingerprint density at radius 3 is 2.80 bits per heavy atom. The molecule has 4 nitrogen and oxygen atoms in total. The average molecular weight is 342 g/mol. The van der Waals surface area contributed by atoms with Gasteiger partial charge in [-0.2, -0.15) is 0 Å². The minimum Gasteiger partial charge on any atom is -0.388 e. The van der Waals surface area contributed by atoms with Gasteiger partial charge in [0.2, 0.25) is 5.91 Å². The number of carbonyl (C=O) groups is 1. The Labute approximate surface area is 147 Å². The van der Waals surface area contributed by atoms with Crippen molar-refractivity contribution in [3.63, 3.8) is 0 Å². The molecule has 0 bridgehead atoms. The zero-order valence-corrected chi connectivity index (χ0v) is 14.1. The summed E-state index contributed by atoms with van der Waals surface area (Å²) in [7, 11) is 0. The summed E-state index contributed by atoms with van der Waals surface area (Å²) in [4.78, 5) is 14.4. The van der Waals surface area contributed by atoms with Crippen molar-refractivity contribution in [1.29, 1.82) is 0 Å². The molecular formula is C20H23FN2O2. The first-order chi connectivity index (χ1) is 12.1. The molecule has 1 amide bonds. The molecular weight excluding hydrogens is 319 g/mol. The largest absolute Gasteiger partial charge is 0.388 e. The maximum Gasteiger partial charge on any atom is 0.222 e. The molecule has 1 aliphatic heterocycles. The molecule has 1 saturated heterocycles. The van der Waals surface area contributed by atoms with E-state index in [2.05, 4.69) is 22.3 Å². The fourth-order valence-corrected chi connectivity index (χ4v) is 3.21. The van der Waals surface area contributed by atoms with Gasteiger partial charge in [-0.05, 0) is 42.2 Å². The third-order valence-corrected chi connectivity index (χ3v) is 4.61. The average Bonchev–Trinajstić information content (AvgIpc) is 3.10. The van der Waals surface area contributed by atoms with Gasteiger partial charge in [0.05, 0.1) is 12.5 Å². The molecule has 2 aromatic carbocycles. The van der Waals surface area contributed by atoms with Crippen molar-refractivity contribution in [3.05, 3.63) is 66.0 Å². The first-order valence-corrected chi connectivity index (χ1v) is 8.62. The van der Waals surface area contributed by atoms with E-state index in [1.165, 1.54) is 23.9 Å². The molecule has 132 valence electrons. The Balaban J connectivity index is 1.44. The van der Waals surface area contributed by atoms with Gasteiger partial charge in [0, 0.05) is 25.3 Å². The van der Waals surface area contributed by atoms with Gasteiger partial charge in [-0.25, -0.2) is 4.39 Å². The second-order valence-corrected chi connectivity index (χ2v) is 6.52. The highest BCUT2D eigenvalue weighted by Gasteiger charge is 2.23. The molecule has 0 spiro atoms. The highest BCUT2D eigenvalue weighted by molar-refractivity contribution is 5.76.